The Morgan fingerprint density at radius 2 is 2.00 bits per heavy atom. The SMILES string of the molecule is COC(=O)Nc1cc(CCc2ccc(N)c(F)c2)ccn1. The number of benzene rings is 1. The third-order valence-corrected chi connectivity index (χ3v) is 3.01. The lowest BCUT2D eigenvalue weighted by Gasteiger charge is -2.06. The van der Waals surface area contributed by atoms with Gasteiger partial charge in [-0.15, -0.1) is 0 Å². The van der Waals surface area contributed by atoms with E-state index < -0.39 is 11.9 Å². The van der Waals surface area contributed by atoms with Gasteiger partial charge in [-0.1, -0.05) is 6.07 Å². The maximum absolute atomic E-state index is 13.4. The Labute approximate surface area is 121 Å². The summed E-state index contributed by atoms with van der Waals surface area (Å²) in [6.07, 6.45) is 2.39. The van der Waals surface area contributed by atoms with Gasteiger partial charge < -0.3 is 10.5 Å². The van der Waals surface area contributed by atoms with Gasteiger partial charge in [0.25, 0.3) is 0 Å². The molecule has 0 atom stereocenters. The van der Waals surface area contributed by atoms with Crippen molar-refractivity contribution < 1.29 is 13.9 Å². The quantitative estimate of drug-likeness (QED) is 0.848. The summed E-state index contributed by atoms with van der Waals surface area (Å²) in [5.74, 6) is 0.0121. The molecule has 0 spiro atoms. The van der Waals surface area contributed by atoms with Gasteiger partial charge in [0.1, 0.15) is 11.6 Å². The smallest absolute Gasteiger partial charge is 0.412 e. The molecule has 1 aromatic heterocycles. The molecule has 1 heterocycles. The molecule has 1 amide bonds. The van der Waals surface area contributed by atoms with Crippen LogP contribution in [0.3, 0.4) is 0 Å². The molecule has 2 rings (SSSR count). The Morgan fingerprint density at radius 3 is 2.67 bits per heavy atom. The lowest BCUT2D eigenvalue weighted by Crippen LogP contribution is -2.12. The maximum atomic E-state index is 13.4. The fourth-order valence-corrected chi connectivity index (χ4v) is 1.87. The van der Waals surface area contributed by atoms with E-state index in [0.29, 0.717) is 18.7 Å². The number of halogens is 1. The van der Waals surface area contributed by atoms with Gasteiger partial charge in [0, 0.05) is 6.20 Å². The third kappa shape index (κ3) is 4.17. The lowest BCUT2D eigenvalue weighted by atomic mass is 10.0. The van der Waals surface area contributed by atoms with Crippen molar-refractivity contribution in [2.24, 2.45) is 0 Å². The van der Waals surface area contributed by atoms with E-state index in [1.165, 1.54) is 13.2 Å². The number of carbonyl (C=O) groups excluding carboxylic acids is 1. The zero-order chi connectivity index (χ0) is 15.2. The van der Waals surface area contributed by atoms with Crippen LogP contribution in [-0.4, -0.2) is 18.2 Å². The average Bonchev–Trinajstić information content (AvgIpc) is 2.49. The minimum absolute atomic E-state index is 0.146. The first-order chi connectivity index (χ1) is 10.1. The molecule has 110 valence electrons. The third-order valence-electron chi connectivity index (χ3n) is 3.01. The number of nitrogens with zero attached hydrogens (tertiary/aromatic N) is 1. The van der Waals surface area contributed by atoms with Crippen molar-refractivity contribution in [2.75, 3.05) is 18.2 Å². The normalized spacial score (nSPS) is 10.2. The van der Waals surface area contributed by atoms with Crippen LogP contribution in [0, 0.1) is 5.82 Å². The van der Waals surface area contributed by atoms with Gasteiger partial charge in [0.2, 0.25) is 0 Å². The minimum Gasteiger partial charge on any atom is -0.453 e. The van der Waals surface area contributed by atoms with Crippen molar-refractivity contribution in [3.8, 4) is 0 Å². The molecule has 0 bridgehead atoms. The summed E-state index contributed by atoms with van der Waals surface area (Å²) in [6.45, 7) is 0. The van der Waals surface area contributed by atoms with E-state index in [0.717, 1.165) is 11.1 Å². The number of carbonyl (C=O) groups is 1. The number of aryl methyl sites for hydroxylation is 2. The molecule has 3 N–H and O–H groups in total. The molecule has 0 radical (unpaired) electrons. The molecule has 1 aromatic carbocycles. The number of nitrogens with one attached hydrogen (secondary N) is 1. The van der Waals surface area contributed by atoms with E-state index in [-0.39, 0.29) is 5.69 Å². The van der Waals surface area contributed by atoms with Crippen molar-refractivity contribution in [3.05, 3.63) is 53.5 Å². The highest BCUT2D eigenvalue weighted by Crippen LogP contribution is 2.15. The largest absolute Gasteiger partial charge is 0.453 e. The molecule has 5 nitrogen and oxygen atoms in total. The van der Waals surface area contributed by atoms with Crippen LogP contribution in [-0.2, 0) is 17.6 Å². The van der Waals surface area contributed by atoms with Crippen molar-refractivity contribution in [1.82, 2.24) is 4.98 Å². The van der Waals surface area contributed by atoms with Crippen molar-refractivity contribution >= 4 is 17.6 Å². The van der Waals surface area contributed by atoms with E-state index in [1.807, 2.05) is 6.07 Å². The van der Waals surface area contributed by atoms with Gasteiger partial charge in [-0.2, -0.15) is 0 Å². The lowest BCUT2D eigenvalue weighted by molar-refractivity contribution is 0.187. The van der Waals surface area contributed by atoms with Gasteiger partial charge >= 0.3 is 6.09 Å². The number of amides is 1. The highest BCUT2D eigenvalue weighted by Gasteiger charge is 2.04. The topological polar surface area (TPSA) is 77.2 Å². The van der Waals surface area contributed by atoms with Crippen LogP contribution in [0.1, 0.15) is 11.1 Å². The summed E-state index contributed by atoms with van der Waals surface area (Å²) in [7, 11) is 1.29. The number of pyridine rings is 1. The van der Waals surface area contributed by atoms with Gasteiger partial charge in [0.15, 0.2) is 0 Å². The Kier molecular flexibility index (Phi) is 4.71. The van der Waals surface area contributed by atoms with Crippen LogP contribution < -0.4 is 11.1 Å². The first-order valence-corrected chi connectivity index (χ1v) is 6.42. The second-order valence-electron chi connectivity index (χ2n) is 4.52. The Hall–Kier alpha value is -2.63. The van der Waals surface area contributed by atoms with Crippen LogP contribution in [0.5, 0.6) is 0 Å². The fourth-order valence-electron chi connectivity index (χ4n) is 1.87. The molecule has 0 aliphatic carbocycles. The molecule has 6 heteroatoms. The van der Waals surface area contributed by atoms with Crippen LogP contribution in [0.15, 0.2) is 36.5 Å². The highest BCUT2D eigenvalue weighted by atomic mass is 19.1. The van der Waals surface area contributed by atoms with E-state index in [4.69, 9.17) is 5.73 Å². The number of anilines is 2. The summed E-state index contributed by atoms with van der Waals surface area (Å²) in [6, 6.07) is 8.39. The Morgan fingerprint density at radius 1 is 1.29 bits per heavy atom. The number of aromatic nitrogens is 1. The predicted molar refractivity (Wildman–Crippen MR) is 78.5 cm³/mol. The summed E-state index contributed by atoms with van der Waals surface area (Å²) in [5.41, 5.74) is 7.43. The molecule has 0 saturated carbocycles. The summed E-state index contributed by atoms with van der Waals surface area (Å²) >= 11 is 0. The first kappa shape index (κ1) is 14.8. The number of nitrogens with two attached hydrogens (primary N) is 1. The van der Waals surface area contributed by atoms with E-state index >= 15 is 0 Å². The average molecular weight is 289 g/mol. The number of ether oxygens (including phenoxy) is 1. The fraction of sp³-hybridized carbons (Fsp3) is 0.200. The monoisotopic (exact) mass is 289 g/mol. The first-order valence-electron chi connectivity index (χ1n) is 6.42. The van der Waals surface area contributed by atoms with E-state index in [1.54, 1.807) is 24.4 Å². The van der Waals surface area contributed by atoms with Gasteiger partial charge in [-0.05, 0) is 48.2 Å². The molecule has 0 saturated heterocycles. The molecule has 0 aliphatic rings. The van der Waals surface area contributed by atoms with Gasteiger partial charge in [-0.3, -0.25) is 5.32 Å². The second-order valence-corrected chi connectivity index (χ2v) is 4.52. The van der Waals surface area contributed by atoms with Gasteiger partial charge in [0.05, 0.1) is 12.8 Å². The molecular formula is C15H16FN3O2. The Bertz CT molecular complexity index is 647. The number of rotatable bonds is 4. The van der Waals surface area contributed by atoms with Crippen molar-refractivity contribution in [1.29, 1.82) is 0 Å². The highest BCUT2D eigenvalue weighted by molar-refractivity contribution is 5.83. The van der Waals surface area contributed by atoms with Crippen molar-refractivity contribution in [3.63, 3.8) is 0 Å². The molecular weight excluding hydrogens is 273 g/mol. The number of methoxy groups -OCH3 is 1. The standard InChI is InChI=1S/C15H16FN3O2/c1-21-15(20)19-14-9-11(6-7-18-14)3-2-10-4-5-13(17)12(16)8-10/h4-9H,2-3,17H2,1H3,(H,18,19,20). The zero-order valence-electron chi connectivity index (χ0n) is 11.6. The van der Waals surface area contributed by atoms with E-state index in [9.17, 15) is 9.18 Å². The number of hydrogen-bond donors (Lipinski definition) is 2. The molecule has 0 aliphatic heterocycles. The predicted octanol–water partition coefficient (Wildman–Crippen LogP) is 2.77. The number of hydrogen-bond acceptors (Lipinski definition) is 4. The summed E-state index contributed by atoms with van der Waals surface area (Å²) < 4.78 is 17.9. The maximum Gasteiger partial charge on any atom is 0.412 e. The zero-order valence-corrected chi connectivity index (χ0v) is 11.6. The molecule has 2 aromatic rings. The second kappa shape index (κ2) is 6.69. The van der Waals surface area contributed by atoms with Crippen LogP contribution in [0.4, 0.5) is 20.7 Å². The van der Waals surface area contributed by atoms with Crippen molar-refractivity contribution in [2.45, 2.75) is 12.8 Å². The summed E-state index contributed by atoms with van der Waals surface area (Å²) in [5, 5.41) is 2.50. The van der Waals surface area contributed by atoms with Crippen LogP contribution in [0.25, 0.3) is 0 Å². The van der Waals surface area contributed by atoms with E-state index in [2.05, 4.69) is 15.0 Å². The number of nitrogen functional groups attached to an aromatic ring is 1. The molecule has 0 fully saturated rings. The Balaban J connectivity index is 2.01. The van der Waals surface area contributed by atoms with Crippen LogP contribution in [0.2, 0.25) is 0 Å². The minimum atomic E-state index is -0.569. The molecule has 21 heavy (non-hydrogen) atoms. The summed E-state index contributed by atoms with van der Waals surface area (Å²) in [4.78, 5) is 15.1. The molecule has 0 unspecified atom stereocenters. The van der Waals surface area contributed by atoms with Gasteiger partial charge in [-0.25, -0.2) is 14.2 Å². The van der Waals surface area contributed by atoms with Crippen LogP contribution >= 0.6 is 0 Å².